The number of likely N-dealkylation sites (tertiary alicyclic amines) is 1. The van der Waals surface area contributed by atoms with Crippen molar-refractivity contribution in [3.05, 3.63) is 35.6 Å². The number of aromatic hydroxyl groups is 1. The van der Waals surface area contributed by atoms with E-state index in [1.165, 1.54) is 6.42 Å². The number of carbonyl (C=O) groups is 1. The minimum absolute atomic E-state index is 0.137. The molecule has 0 saturated carbocycles. The van der Waals surface area contributed by atoms with Gasteiger partial charge in [0.05, 0.1) is 0 Å². The maximum atomic E-state index is 11.9. The number of phenolic OH excluding ortho intramolecular Hbond substituents is 1. The van der Waals surface area contributed by atoms with Gasteiger partial charge in [-0.2, -0.15) is 0 Å². The van der Waals surface area contributed by atoms with E-state index in [1.807, 2.05) is 0 Å². The maximum Gasteiger partial charge on any atom is 0.290 e. The van der Waals surface area contributed by atoms with Gasteiger partial charge in [0.1, 0.15) is 5.75 Å². The second-order valence-corrected chi connectivity index (χ2v) is 5.11. The maximum absolute atomic E-state index is 11.9. The third-order valence-electron chi connectivity index (χ3n) is 3.66. The fourth-order valence-electron chi connectivity index (χ4n) is 2.56. The number of para-hydroxylation sites is 1. The summed E-state index contributed by atoms with van der Waals surface area (Å²) in [5.41, 5.74) is 0.581. The predicted molar refractivity (Wildman–Crippen MR) is 74.5 cm³/mol. The summed E-state index contributed by atoms with van der Waals surface area (Å²) in [5, 5.41) is 12.6. The first-order valence-corrected chi connectivity index (χ1v) is 6.95. The molecule has 2 aliphatic heterocycles. The summed E-state index contributed by atoms with van der Waals surface area (Å²) < 4.78 is 5.69. The molecular weight excluding hydrogens is 256 g/mol. The Morgan fingerprint density at radius 2 is 2.00 bits per heavy atom. The van der Waals surface area contributed by atoms with Gasteiger partial charge in [0.2, 0.25) is 6.35 Å². The van der Waals surface area contributed by atoms with E-state index in [0.717, 1.165) is 25.9 Å². The van der Waals surface area contributed by atoms with Gasteiger partial charge in [0.25, 0.3) is 5.91 Å². The number of hydrogen-bond donors (Lipinski definition) is 2. The molecule has 0 spiro atoms. The number of ether oxygens (including phenoxy) is 1. The Morgan fingerprint density at radius 1 is 1.25 bits per heavy atom. The number of benzene rings is 1. The molecule has 2 saturated heterocycles. The fraction of sp³-hybridized carbons (Fsp3) is 0.400. The molecular formula is C15H18N2O3. The second kappa shape index (κ2) is 5.54. The van der Waals surface area contributed by atoms with Gasteiger partial charge in [0, 0.05) is 18.7 Å². The minimum Gasteiger partial charge on any atom is -0.507 e. The zero-order chi connectivity index (χ0) is 13.9. The van der Waals surface area contributed by atoms with Gasteiger partial charge in [-0.15, -0.1) is 0 Å². The van der Waals surface area contributed by atoms with E-state index < -0.39 is 0 Å². The highest BCUT2D eigenvalue weighted by Gasteiger charge is 2.33. The molecule has 0 bridgehead atoms. The van der Waals surface area contributed by atoms with Crippen LogP contribution in [0.5, 0.6) is 5.75 Å². The highest BCUT2D eigenvalue weighted by molar-refractivity contribution is 5.97. The van der Waals surface area contributed by atoms with Crippen LogP contribution in [0.1, 0.15) is 24.8 Å². The molecule has 20 heavy (non-hydrogen) atoms. The van der Waals surface area contributed by atoms with Crippen LogP contribution in [0.4, 0.5) is 0 Å². The number of hydrogen-bond acceptors (Lipinski definition) is 4. The highest BCUT2D eigenvalue weighted by atomic mass is 16.5. The smallest absolute Gasteiger partial charge is 0.290 e. The Morgan fingerprint density at radius 3 is 2.75 bits per heavy atom. The van der Waals surface area contributed by atoms with Crippen LogP contribution < -0.4 is 5.32 Å². The van der Waals surface area contributed by atoms with E-state index in [2.05, 4.69) is 10.2 Å². The first-order valence-electron chi connectivity index (χ1n) is 6.95. The molecule has 2 N–H and O–H groups in total. The minimum atomic E-state index is -0.375. The molecule has 0 aliphatic carbocycles. The molecule has 0 aromatic heterocycles. The van der Waals surface area contributed by atoms with Crippen molar-refractivity contribution in [3.8, 4) is 5.75 Å². The van der Waals surface area contributed by atoms with Crippen molar-refractivity contribution in [2.75, 3.05) is 13.1 Å². The molecule has 1 aromatic rings. The van der Waals surface area contributed by atoms with Crippen LogP contribution in [-0.2, 0) is 9.53 Å². The zero-order valence-electron chi connectivity index (χ0n) is 11.2. The van der Waals surface area contributed by atoms with E-state index in [-0.39, 0.29) is 23.8 Å². The van der Waals surface area contributed by atoms with Crippen LogP contribution in [0.3, 0.4) is 0 Å². The first-order chi connectivity index (χ1) is 9.74. The lowest BCUT2D eigenvalue weighted by Crippen LogP contribution is -2.46. The van der Waals surface area contributed by atoms with Crippen LogP contribution in [0.25, 0.3) is 6.08 Å². The topological polar surface area (TPSA) is 61.8 Å². The Labute approximate surface area is 117 Å². The number of rotatable bonds is 2. The Kier molecular flexibility index (Phi) is 3.60. The zero-order valence-corrected chi connectivity index (χ0v) is 11.2. The Hall–Kier alpha value is -2.01. The summed E-state index contributed by atoms with van der Waals surface area (Å²) in [5.74, 6) is 0.156. The summed E-state index contributed by atoms with van der Waals surface area (Å²) in [6, 6.07) is 6.87. The molecule has 2 heterocycles. The number of amides is 1. The van der Waals surface area contributed by atoms with Gasteiger partial charge < -0.3 is 15.2 Å². The summed E-state index contributed by atoms with van der Waals surface area (Å²) in [7, 11) is 0. The number of carbonyl (C=O) groups excluding carboxylic acids is 1. The lowest BCUT2D eigenvalue weighted by Gasteiger charge is -2.30. The summed E-state index contributed by atoms with van der Waals surface area (Å²) in [6.45, 7) is 1.88. The lowest BCUT2D eigenvalue weighted by molar-refractivity contribution is -0.117. The molecule has 2 aliphatic rings. The molecule has 0 radical (unpaired) electrons. The van der Waals surface area contributed by atoms with Gasteiger partial charge in [-0.1, -0.05) is 24.6 Å². The van der Waals surface area contributed by atoms with E-state index in [4.69, 9.17) is 4.74 Å². The molecule has 1 atom stereocenters. The Bertz CT molecular complexity index is 536. The van der Waals surface area contributed by atoms with Crippen LogP contribution in [-0.4, -0.2) is 35.4 Å². The lowest BCUT2D eigenvalue weighted by atomic mass is 10.1. The van der Waals surface area contributed by atoms with Crippen molar-refractivity contribution >= 4 is 12.0 Å². The highest BCUT2D eigenvalue weighted by Crippen LogP contribution is 2.23. The van der Waals surface area contributed by atoms with Gasteiger partial charge in [0.15, 0.2) is 5.76 Å². The van der Waals surface area contributed by atoms with E-state index in [1.54, 1.807) is 30.3 Å². The number of piperidine rings is 1. The SMILES string of the molecule is O=C1NC(N2CCCCC2)OC1=Cc1ccccc1O. The van der Waals surface area contributed by atoms with Gasteiger partial charge in [-0.05, 0) is 25.0 Å². The molecule has 1 aromatic carbocycles. The van der Waals surface area contributed by atoms with Crippen molar-refractivity contribution in [3.63, 3.8) is 0 Å². The van der Waals surface area contributed by atoms with E-state index >= 15 is 0 Å². The molecule has 1 amide bonds. The van der Waals surface area contributed by atoms with Crippen molar-refractivity contribution in [2.24, 2.45) is 0 Å². The normalized spacial score (nSPS) is 25.5. The molecule has 106 valence electrons. The van der Waals surface area contributed by atoms with E-state index in [9.17, 15) is 9.90 Å². The number of phenols is 1. The monoisotopic (exact) mass is 274 g/mol. The third-order valence-corrected chi connectivity index (χ3v) is 3.66. The molecule has 5 nitrogen and oxygen atoms in total. The van der Waals surface area contributed by atoms with Crippen molar-refractivity contribution < 1.29 is 14.6 Å². The largest absolute Gasteiger partial charge is 0.507 e. The van der Waals surface area contributed by atoms with E-state index in [0.29, 0.717) is 5.56 Å². The van der Waals surface area contributed by atoms with Crippen molar-refractivity contribution in [1.29, 1.82) is 0 Å². The van der Waals surface area contributed by atoms with Crippen molar-refractivity contribution in [2.45, 2.75) is 25.6 Å². The summed E-state index contributed by atoms with van der Waals surface area (Å²) in [6.07, 6.45) is 4.70. The Balaban J connectivity index is 1.75. The van der Waals surface area contributed by atoms with Gasteiger partial charge in [-0.25, -0.2) is 0 Å². The van der Waals surface area contributed by atoms with Gasteiger partial charge >= 0.3 is 0 Å². The van der Waals surface area contributed by atoms with Crippen LogP contribution in [0.15, 0.2) is 30.0 Å². The molecule has 5 heteroatoms. The second-order valence-electron chi connectivity index (χ2n) is 5.11. The summed E-state index contributed by atoms with van der Waals surface area (Å²) in [4.78, 5) is 14.1. The molecule has 3 rings (SSSR count). The quantitative estimate of drug-likeness (QED) is 0.805. The summed E-state index contributed by atoms with van der Waals surface area (Å²) >= 11 is 0. The predicted octanol–water partition coefficient (Wildman–Crippen LogP) is 1.65. The van der Waals surface area contributed by atoms with Gasteiger partial charge in [-0.3, -0.25) is 9.69 Å². The first kappa shape index (κ1) is 13.0. The average molecular weight is 274 g/mol. The molecule has 2 fully saturated rings. The van der Waals surface area contributed by atoms with Crippen LogP contribution in [0.2, 0.25) is 0 Å². The fourth-order valence-corrected chi connectivity index (χ4v) is 2.56. The number of nitrogens with zero attached hydrogens (tertiary/aromatic N) is 1. The third kappa shape index (κ3) is 2.63. The number of nitrogens with one attached hydrogen (secondary N) is 1. The van der Waals surface area contributed by atoms with Crippen molar-refractivity contribution in [1.82, 2.24) is 10.2 Å². The standard InChI is InChI=1S/C15H18N2O3/c18-12-7-3-2-6-11(12)10-13-14(19)16-15(20-13)17-8-4-1-5-9-17/h2-3,6-7,10,15,18H,1,4-5,8-9H2,(H,16,19). The van der Waals surface area contributed by atoms with Crippen LogP contribution in [0, 0.1) is 0 Å². The van der Waals surface area contributed by atoms with Crippen LogP contribution >= 0.6 is 0 Å². The molecule has 1 unspecified atom stereocenters. The average Bonchev–Trinajstić information content (AvgIpc) is 2.84.